The van der Waals surface area contributed by atoms with Crippen molar-refractivity contribution in [1.29, 1.82) is 0 Å². The third-order valence-corrected chi connectivity index (χ3v) is 5.99. The summed E-state index contributed by atoms with van der Waals surface area (Å²) in [4.78, 5) is 32.6. The van der Waals surface area contributed by atoms with E-state index < -0.39 is 0 Å². The molecular weight excluding hydrogens is 350 g/mol. The van der Waals surface area contributed by atoms with Crippen LogP contribution in [0.1, 0.15) is 76.1 Å². The van der Waals surface area contributed by atoms with Crippen molar-refractivity contribution in [3.63, 3.8) is 0 Å². The predicted molar refractivity (Wildman–Crippen MR) is 111 cm³/mol. The van der Waals surface area contributed by atoms with E-state index in [1.54, 1.807) is 4.57 Å². The molecule has 1 saturated heterocycles. The normalized spacial score (nSPS) is 20.4. The zero-order valence-corrected chi connectivity index (χ0v) is 17.9. The Morgan fingerprint density at radius 3 is 2.29 bits per heavy atom. The number of amides is 1. The summed E-state index contributed by atoms with van der Waals surface area (Å²) in [6, 6.07) is 4.35. The van der Waals surface area contributed by atoms with Gasteiger partial charge in [-0.25, -0.2) is 0 Å². The Balaban J connectivity index is 1.75. The van der Waals surface area contributed by atoms with E-state index in [4.69, 9.17) is 4.99 Å². The molecule has 5 nitrogen and oxygen atoms in total. The summed E-state index contributed by atoms with van der Waals surface area (Å²) in [6.07, 6.45) is 9.33. The zero-order chi connectivity index (χ0) is 20.3. The number of hydrogen-bond acceptors (Lipinski definition) is 3. The third kappa shape index (κ3) is 4.92. The van der Waals surface area contributed by atoms with E-state index in [9.17, 15) is 9.59 Å². The van der Waals surface area contributed by atoms with Gasteiger partial charge in [0.05, 0.1) is 6.04 Å². The Kier molecular flexibility index (Phi) is 6.41. The van der Waals surface area contributed by atoms with E-state index in [0.717, 1.165) is 36.7 Å². The number of aromatic nitrogens is 1. The van der Waals surface area contributed by atoms with Crippen LogP contribution in [0.5, 0.6) is 0 Å². The lowest BCUT2D eigenvalue weighted by molar-refractivity contribution is -0.140. The standard InChI is InChI=1S/C23H35N3O2/c1-17-10-15-26(20(16-17)24-19-8-6-5-7-9-19)21(27)18-11-13-25(14-12-18)22(28)23(2,3)4/h10,15-16,18-19H,5-9,11-14H2,1-4H3. The van der Waals surface area contributed by atoms with Gasteiger partial charge in [0.2, 0.25) is 11.8 Å². The van der Waals surface area contributed by atoms with Crippen LogP contribution >= 0.6 is 0 Å². The number of piperidine rings is 1. The van der Waals surface area contributed by atoms with E-state index in [2.05, 4.69) is 0 Å². The number of carbonyl (C=O) groups excluding carboxylic acids is 2. The summed E-state index contributed by atoms with van der Waals surface area (Å²) in [5, 5.41) is 0. The Hall–Kier alpha value is -1.91. The highest BCUT2D eigenvalue weighted by atomic mass is 16.2. The molecule has 0 radical (unpaired) electrons. The fourth-order valence-electron chi connectivity index (χ4n) is 4.27. The number of likely N-dealkylation sites (tertiary alicyclic amines) is 1. The van der Waals surface area contributed by atoms with Crippen molar-refractivity contribution in [3.05, 3.63) is 29.4 Å². The average molecular weight is 386 g/mol. The first kappa shape index (κ1) is 20.8. The van der Waals surface area contributed by atoms with Crippen LogP contribution in [0.2, 0.25) is 0 Å². The fourth-order valence-corrected chi connectivity index (χ4v) is 4.27. The number of nitrogens with zero attached hydrogens (tertiary/aromatic N) is 3. The van der Waals surface area contributed by atoms with Gasteiger partial charge in [-0.15, -0.1) is 0 Å². The summed E-state index contributed by atoms with van der Waals surface area (Å²) >= 11 is 0. The molecular formula is C23H35N3O2. The van der Waals surface area contributed by atoms with Crippen molar-refractivity contribution in [2.75, 3.05) is 13.1 Å². The van der Waals surface area contributed by atoms with E-state index in [1.807, 2.05) is 50.9 Å². The van der Waals surface area contributed by atoms with Gasteiger partial charge in [-0.2, -0.15) is 0 Å². The largest absolute Gasteiger partial charge is 0.342 e. The summed E-state index contributed by atoms with van der Waals surface area (Å²) in [7, 11) is 0. The van der Waals surface area contributed by atoms with Crippen molar-refractivity contribution >= 4 is 11.8 Å². The summed E-state index contributed by atoms with van der Waals surface area (Å²) in [5.74, 6) is 0.254. The monoisotopic (exact) mass is 385 g/mol. The van der Waals surface area contributed by atoms with Crippen LogP contribution in [0, 0.1) is 18.3 Å². The molecule has 154 valence electrons. The molecule has 0 atom stereocenters. The Bertz CT molecular complexity index is 774. The molecule has 1 aromatic heterocycles. The Morgan fingerprint density at radius 1 is 1.04 bits per heavy atom. The van der Waals surface area contributed by atoms with Gasteiger partial charge in [0.1, 0.15) is 5.49 Å². The minimum absolute atomic E-state index is 0.0444. The first-order chi connectivity index (χ1) is 13.3. The third-order valence-electron chi connectivity index (χ3n) is 5.99. The van der Waals surface area contributed by atoms with Crippen LogP contribution in [0.4, 0.5) is 0 Å². The van der Waals surface area contributed by atoms with Crippen molar-refractivity contribution in [1.82, 2.24) is 9.47 Å². The van der Waals surface area contributed by atoms with Gasteiger partial charge in [-0.05, 0) is 50.3 Å². The van der Waals surface area contributed by atoms with Crippen molar-refractivity contribution in [2.45, 2.75) is 78.7 Å². The molecule has 0 spiro atoms. The van der Waals surface area contributed by atoms with Gasteiger partial charge < -0.3 is 4.90 Å². The van der Waals surface area contributed by atoms with Crippen LogP contribution in [0.15, 0.2) is 23.3 Å². The quantitative estimate of drug-likeness (QED) is 0.774. The average Bonchev–Trinajstić information content (AvgIpc) is 2.67. The maximum Gasteiger partial charge on any atom is 0.235 e. The van der Waals surface area contributed by atoms with Gasteiger partial charge in [-0.3, -0.25) is 19.1 Å². The molecule has 0 aromatic carbocycles. The first-order valence-corrected chi connectivity index (χ1v) is 10.8. The molecule has 1 saturated carbocycles. The van der Waals surface area contributed by atoms with Crippen LogP contribution in [-0.4, -0.2) is 40.4 Å². The van der Waals surface area contributed by atoms with Crippen LogP contribution in [0.3, 0.4) is 0 Å². The van der Waals surface area contributed by atoms with Crippen molar-refractivity contribution in [2.24, 2.45) is 16.3 Å². The number of aryl methyl sites for hydroxylation is 1. The molecule has 28 heavy (non-hydrogen) atoms. The van der Waals surface area contributed by atoms with E-state index in [-0.39, 0.29) is 23.1 Å². The Morgan fingerprint density at radius 2 is 1.68 bits per heavy atom. The molecule has 1 aliphatic carbocycles. The summed E-state index contributed by atoms with van der Waals surface area (Å²) < 4.78 is 1.76. The number of carbonyl (C=O) groups is 2. The first-order valence-electron chi connectivity index (χ1n) is 10.8. The van der Waals surface area contributed by atoms with Crippen LogP contribution < -0.4 is 5.49 Å². The van der Waals surface area contributed by atoms with Gasteiger partial charge in [0, 0.05) is 30.6 Å². The molecule has 1 amide bonds. The lowest BCUT2D eigenvalue weighted by Gasteiger charge is -2.35. The highest BCUT2D eigenvalue weighted by Crippen LogP contribution is 2.24. The van der Waals surface area contributed by atoms with Crippen molar-refractivity contribution in [3.8, 4) is 0 Å². The topological polar surface area (TPSA) is 54.7 Å². The molecule has 5 heteroatoms. The molecule has 2 aliphatic rings. The second-order valence-corrected chi connectivity index (χ2v) is 9.51. The van der Waals surface area contributed by atoms with E-state index in [0.29, 0.717) is 19.1 Å². The van der Waals surface area contributed by atoms with E-state index in [1.165, 1.54) is 19.3 Å². The molecule has 2 heterocycles. The van der Waals surface area contributed by atoms with Crippen molar-refractivity contribution < 1.29 is 9.59 Å². The molecule has 2 fully saturated rings. The van der Waals surface area contributed by atoms with Crippen LogP contribution in [0.25, 0.3) is 0 Å². The predicted octanol–water partition coefficient (Wildman–Crippen LogP) is 3.95. The Labute approximate surface area is 168 Å². The molecule has 1 aromatic rings. The lowest BCUT2D eigenvalue weighted by Crippen LogP contribution is -2.46. The fraction of sp³-hybridized carbons (Fsp3) is 0.696. The number of pyridine rings is 1. The van der Waals surface area contributed by atoms with E-state index >= 15 is 0 Å². The molecule has 3 rings (SSSR count). The number of rotatable bonds is 2. The molecule has 0 unspecified atom stereocenters. The van der Waals surface area contributed by atoms with Gasteiger partial charge in [0.15, 0.2) is 0 Å². The molecule has 0 bridgehead atoms. The minimum atomic E-state index is -0.366. The smallest absolute Gasteiger partial charge is 0.235 e. The van der Waals surface area contributed by atoms with Gasteiger partial charge in [-0.1, -0.05) is 40.0 Å². The summed E-state index contributed by atoms with van der Waals surface area (Å²) in [6.45, 7) is 9.22. The zero-order valence-electron chi connectivity index (χ0n) is 17.9. The molecule has 0 N–H and O–H groups in total. The van der Waals surface area contributed by atoms with Gasteiger partial charge in [0.25, 0.3) is 0 Å². The minimum Gasteiger partial charge on any atom is -0.342 e. The second-order valence-electron chi connectivity index (χ2n) is 9.51. The lowest BCUT2D eigenvalue weighted by atomic mass is 9.90. The highest BCUT2D eigenvalue weighted by molar-refractivity contribution is 5.83. The summed E-state index contributed by atoms with van der Waals surface area (Å²) in [5.41, 5.74) is 1.56. The maximum absolute atomic E-state index is 13.2. The van der Waals surface area contributed by atoms with Crippen LogP contribution in [-0.2, 0) is 4.79 Å². The second kappa shape index (κ2) is 8.62. The highest BCUT2D eigenvalue weighted by Gasteiger charge is 2.32. The SMILES string of the molecule is Cc1ccn(C(=O)C2CCN(C(=O)C(C)(C)C)CC2)c(=NC2CCCCC2)c1. The maximum atomic E-state index is 13.2. The van der Waals surface area contributed by atoms with Gasteiger partial charge >= 0.3 is 0 Å². The number of hydrogen-bond donors (Lipinski definition) is 0. The molecule has 1 aliphatic heterocycles.